The van der Waals surface area contributed by atoms with E-state index in [2.05, 4.69) is 10.3 Å². The van der Waals surface area contributed by atoms with Crippen LogP contribution < -0.4 is 5.32 Å². The van der Waals surface area contributed by atoms with Crippen molar-refractivity contribution in [3.63, 3.8) is 0 Å². The lowest BCUT2D eigenvalue weighted by atomic mass is 10.1. The average Bonchev–Trinajstić information content (AvgIpc) is 2.94. The van der Waals surface area contributed by atoms with Crippen molar-refractivity contribution in [1.82, 2.24) is 10.3 Å². The number of aliphatic hydroxyl groups excluding tert-OH is 1. The van der Waals surface area contributed by atoms with Crippen LogP contribution in [0.3, 0.4) is 0 Å². The number of aliphatic hydroxyl groups is 1. The van der Waals surface area contributed by atoms with E-state index in [1.165, 1.54) is 23.5 Å². The first kappa shape index (κ1) is 16.6. The van der Waals surface area contributed by atoms with E-state index >= 15 is 0 Å². The molecule has 0 radical (unpaired) electrons. The highest BCUT2D eigenvalue weighted by Crippen LogP contribution is 2.15. The molecule has 0 bridgehead atoms. The van der Waals surface area contributed by atoms with Crippen molar-refractivity contribution in [2.75, 3.05) is 13.2 Å². The minimum absolute atomic E-state index is 0.117. The van der Waals surface area contributed by atoms with E-state index in [9.17, 15) is 9.18 Å². The molecule has 0 fully saturated rings. The van der Waals surface area contributed by atoms with Gasteiger partial charge in [-0.1, -0.05) is 19.1 Å². The maximum absolute atomic E-state index is 13.1. The molecule has 0 saturated carbocycles. The van der Waals surface area contributed by atoms with Gasteiger partial charge in [-0.15, -0.1) is 11.3 Å². The van der Waals surface area contributed by atoms with Crippen LogP contribution in [0.5, 0.6) is 0 Å². The summed E-state index contributed by atoms with van der Waals surface area (Å²) in [5.41, 5.74) is 1.21. The number of hydrogen-bond donors (Lipinski definition) is 2. The Morgan fingerprint density at radius 2 is 2.32 bits per heavy atom. The summed E-state index contributed by atoms with van der Waals surface area (Å²) in [6, 6.07) is 6.37. The topological polar surface area (TPSA) is 62.2 Å². The Bertz CT molecular complexity index is 630. The quantitative estimate of drug-likeness (QED) is 0.824. The molecule has 0 aliphatic carbocycles. The molecule has 0 aliphatic heterocycles. The van der Waals surface area contributed by atoms with Gasteiger partial charge < -0.3 is 10.4 Å². The van der Waals surface area contributed by atoms with Crippen LogP contribution in [0.15, 0.2) is 29.6 Å². The Labute approximate surface area is 133 Å². The van der Waals surface area contributed by atoms with Crippen LogP contribution in [0, 0.1) is 11.7 Å². The molecule has 1 unspecified atom stereocenters. The molecule has 1 aromatic carbocycles. The minimum Gasteiger partial charge on any atom is -0.396 e. The Morgan fingerprint density at radius 3 is 3.05 bits per heavy atom. The summed E-state index contributed by atoms with van der Waals surface area (Å²) in [5, 5.41) is 14.1. The summed E-state index contributed by atoms with van der Waals surface area (Å²) in [5.74, 6) is -0.268. The first-order valence-electron chi connectivity index (χ1n) is 7.16. The smallest absolute Gasteiger partial charge is 0.270 e. The van der Waals surface area contributed by atoms with Gasteiger partial charge in [0.15, 0.2) is 0 Å². The fourth-order valence-electron chi connectivity index (χ4n) is 2.00. The van der Waals surface area contributed by atoms with Crippen LogP contribution in [0.1, 0.15) is 34.4 Å². The normalized spacial score (nSPS) is 12.1. The second kappa shape index (κ2) is 8.00. The molecule has 2 rings (SSSR count). The zero-order chi connectivity index (χ0) is 15.9. The number of carbonyl (C=O) groups excluding carboxylic acids is 1. The molecular formula is C16H19FN2O2S. The lowest BCUT2D eigenvalue weighted by Gasteiger charge is -2.09. The molecule has 22 heavy (non-hydrogen) atoms. The zero-order valence-corrected chi connectivity index (χ0v) is 13.2. The SMILES string of the molecule is CC(CCO)CNC(=O)c1csc(Cc2cccc(F)c2)n1. The predicted molar refractivity (Wildman–Crippen MR) is 84.5 cm³/mol. The lowest BCUT2D eigenvalue weighted by Crippen LogP contribution is -2.28. The molecule has 0 spiro atoms. The van der Waals surface area contributed by atoms with Crippen molar-refractivity contribution < 1.29 is 14.3 Å². The molecule has 2 N–H and O–H groups in total. The Morgan fingerprint density at radius 1 is 1.50 bits per heavy atom. The second-order valence-electron chi connectivity index (χ2n) is 5.26. The van der Waals surface area contributed by atoms with Crippen LogP contribution in [-0.4, -0.2) is 29.1 Å². The van der Waals surface area contributed by atoms with Crippen LogP contribution in [0.4, 0.5) is 4.39 Å². The number of amides is 1. The molecule has 1 amide bonds. The van der Waals surface area contributed by atoms with E-state index in [1.54, 1.807) is 11.4 Å². The number of carbonyl (C=O) groups is 1. The highest BCUT2D eigenvalue weighted by Gasteiger charge is 2.12. The summed E-state index contributed by atoms with van der Waals surface area (Å²) in [6.07, 6.45) is 1.17. The van der Waals surface area contributed by atoms with Crippen LogP contribution >= 0.6 is 11.3 Å². The standard InChI is InChI=1S/C16H19FN2O2S/c1-11(5-6-20)9-18-16(21)14-10-22-15(19-14)8-12-3-2-4-13(17)7-12/h2-4,7,10-11,20H,5-6,8-9H2,1H3,(H,18,21). The average molecular weight is 322 g/mol. The van der Waals surface area contributed by atoms with Crippen molar-refractivity contribution in [2.24, 2.45) is 5.92 Å². The third-order valence-electron chi connectivity index (χ3n) is 3.26. The fourth-order valence-corrected chi connectivity index (χ4v) is 2.81. The first-order valence-corrected chi connectivity index (χ1v) is 8.04. The van der Waals surface area contributed by atoms with Crippen molar-refractivity contribution in [3.05, 3.63) is 51.7 Å². The summed E-state index contributed by atoms with van der Waals surface area (Å²) >= 11 is 1.39. The van der Waals surface area contributed by atoms with Gasteiger partial charge in [0.1, 0.15) is 11.5 Å². The maximum Gasteiger partial charge on any atom is 0.270 e. The van der Waals surface area contributed by atoms with Crippen LogP contribution in [0.25, 0.3) is 0 Å². The summed E-state index contributed by atoms with van der Waals surface area (Å²) < 4.78 is 13.1. The van der Waals surface area contributed by atoms with E-state index in [4.69, 9.17) is 5.11 Å². The molecule has 0 aliphatic rings. The number of halogens is 1. The van der Waals surface area contributed by atoms with Gasteiger partial charge in [0.05, 0.1) is 5.01 Å². The number of rotatable bonds is 7. The van der Waals surface area contributed by atoms with Gasteiger partial charge in [-0.2, -0.15) is 0 Å². The van der Waals surface area contributed by atoms with Gasteiger partial charge >= 0.3 is 0 Å². The Hall–Kier alpha value is -1.79. The third-order valence-corrected chi connectivity index (χ3v) is 4.11. The molecule has 2 aromatic rings. The van der Waals surface area contributed by atoms with E-state index in [-0.39, 0.29) is 24.2 Å². The Balaban J connectivity index is 1.92. The molecule has 1 heterocycles. The van der Waals surface area contributed by atoms with Gasteiger partial charge in [-0.05, 0) is 30.0 Å². The number of aromatic nitrogens is 1. The Kier molecular flexibility index (Phi) is 6.03. The molecular weight excluding hydrogens is 303 g/mol. The molecule has 0 saturated heterocycles. The van der Waals surface area contributed by atoms with E-state index in [0.717, 1.165) is 10.6 Å². The number of nitrogens with one attached hydrogen (secondary N) is 1. The van der Waals surface area contributed by atoms with E-state index in [0.29, 0.717) is 25.1 Å². The lowest BCUT2D eigenvalue weighted by molar-refractivity contribution is 0.0941. The molecule has 1 aromatic heterocycles. The van der Waals surface area contributed by atoms with Crippen molar-refractivity contribution in [2.45, 2.75) is 19.8 Å². The van der Waals surface area contributed by atoms with Gasteiger partial charge in [-0.3, -0.25) is 4.79 Å². The number of thiazole rings is 1. The summed E-state index contributed by atoms with van der Waals surface area (Å²) in [4.78, 5) is 16.3. The fraction of sp³-hybridized carbons (Fsp3) is 0.375. The predicted octanol–water partition coefficient (Wildman–Crippen LogP) is 2.62. The maximum atomic E-state index is 13.1. The van der Waals surface area contributed by atoms with E-state index in [1.807, 2.05) is 13.0 Å². The minimum atomic E-state index is -0.273. The van der Waals surface area contributed by atoms with Gasteiger partial charge in [0.2, 0.25) is 0 Å². The highest BCUT2D eigenvalue weighted by atomic mass is 32.1. The van der Waals surface area contributed by atoms with Crippen molar-refractivity contribution >= 4 is 17.2 Å². The zero-order valence-electron chi connectivity index (χ0n) is 12.4. The molecule has 4 nitrogen and oxygen atoms in total. The highest BCUT2D eigenvalue weighted by molar-refractivity contribution is 7.09. The van der Waals surface area contributed by atoms with Crippen LogP contribution in [0.2, 0.25) is 0 Å². The molecule has 6 heteroatoms. The van der Waals surface area contributed by atoms with Crippen LogP contribution in [-0.2, 0) is 6.42 Å². The second-order valence-corrected chi connectivity index (χ2v) is 6.20. The van der Waals surface area contributed by atoms with E-state index < -0.39 is 0 Å². The summed E-state index contributed by atoms with van der Waals surface area (Å²) in [7, 11) is 0. The largest absolute Gasteiger partial charge is 0.396 e. The number of hydrogen-bond acceptors (Lipinski definition) is 4. The van der Waals surface area contributed by atoms with Gasteiger partial charge in [-0.25, -0.2) is 9.37 Å². The van der Waals surface area contributed by atoms with Crippen molar-refractivity contribution in [1.29, 1.82) is 0 Å². The molecule has 118 valence electrons. The monoisotopic (exact) mass is 322 g/mol. The van der Waals surface area contributed by atoms with Gasteiger partial charge in [0, 0.05) is 25.0 Å². The van der Waals surface area contributed by atoms with Crippen molar-refractivity contribution in [3.8, 4) is 0 Å². The third kappa shape index (κ3) is 4.89. The van der Waals surface area contributed by atoms with Gasteiger partial charge in [0.25, 0.3) is 5.91 Å². The number of nitrogens with zero attached hydrogens (tertiary/aromatic N) is 1. The molecule has 1 atom stereocenters. The first-order chi connectivity index (χ1) is 10.6. The summed E-state index contributed by atoms with van der Waals surface area (Å²) in [6.45, 7) is 2.59. The number of benzene rings is 1.